The van der Waals surface area contributed by atoms with E-state index in [0.717, 1.165) is 5.56 Å². The molecular formula is C18H20FNO3. The first-order chi connectivity index (χ1) is 11.1. The van der Waals surface area contributed by atoms with Crippen molar-refractivity contribution in [2.24, 2.45) is 0 Å². The van der Waals surface area contributed by atoms with Crippen molar-refractivity contribution >= 4 is 5.97 Å². The minimum atomic E-state index is -0.930. The lowest BCUT2D eigenvalue weighted by Crippen LogP contribution is -2.38. The van der Waals surface area contributed by atoms with Crippen molar-refractivity contribution in [3.8, 4) is 5.75 Å². The molecule has 0 saturated heterocycles. The van der Waals surface area contributed by atoms with Crippen LogP contribution >= 0.6 is 0 Å². The highest BCUT2D eigenvalue weighted by Gasteiger charge is 2.17. The number of halogens is 1. The molecule has 122 valence electrons. The minimum Gasteiger partial charge on any atom is -0.491 e. The zero-order chi connectivity index (χ0) is 16.7. The van der Waals surface area contributed by atoms with E-state index >= 15 is 0 Å². The molecule has 0 aliphatic carbocycles. The molecular weight excluding hydrogens is 297 g/mol. The van der Waals surface area contributed by atoms with Gasteiger partial charge in [0, 0.05) is 6.54 Å². The Balaban J connectivity index is 1.99. The number of hydrogen-bond donors (Lipinski definition) is 2. The summed E-state index contributed by atoms with van der Waals surface area (Å²) in [4.78, 5) is 11.4. The van der Waals surface area contributed by atoms with Crippen LogP contribution in [-0.2, 0) is 17.8 Å². The Kier molecular flexibility index (Phi) is 6.11. The Morgan fingerprint density at radius 3 is 2.57 bits per heavy atom. The van der Waals surface area contributed by atoms with Gasteiger partial charge in [0.2, 0.25) is 0 Å². The van der Waals surface area contributed by atoms with Gasteiger partial charge in [0.25, 0.3) is 0 Å². The fourth-order valence-corrected chi connectivity index (χ4v) is 2.26. The first-order valence-electron chi connectivity index (χ1n) is 7.51. The summed E-state index contributed by atoms with van der Waals surface area (Å²) in [5.41, 5.74) is 1.61. The molecule has 0 aliphatic heterocycles. The third kappa shape index (κ3) is 5.07. The summed E-state index contributed by atoms with van der Waals surface area (Å²) < 4.78 is 18.9. The highest BCUT2D eigenvalue weighted by atomic mass is 19.1. The Morgan fingerprint density at radius 2 is 1.96 bits per heavy atom. The first-order valence-corrected chi connectivity index (χ1v) is 7.51. The van der Waals surface area contributed by atoms with Crippen LogP contribution in [0.2, 0.25) is 0 Å². The molecule has 0 amide bonds. The number of carboxylic acids is 1. The van der Waals surface area contributed by atoms with Crippen LogP contribution in [-0.4, -0.2) is 23.7 Å². The number of benzene rings is 2. The van der Waals surface area contributed by atoms with Gasteiger partial charge in [-0.25, -0.2) is 4.39 Å². The van der Waals surface area contributed by atoms with E-state index in [2.05, 4.69) is 5.32 Å². The number of carboxylic acid groups (broad SMARTS) is 1. The van der Waals surface area contributed by atoms with Gasteiger partial charge in [-0.3, -0.25) is 4.79 Å². The van der Waals surface area contributed by atoms with Crippen molar-refractivity contribution in [1.82, 2.24) is 5.32 Å². The average Bonchev–Trinajstić information content (AvgIpc) is 2.54. The van der Waals surface area contributed by atoms with Crippen LogP contribution in [0.15, 0.2) is 48.5 Å². The van der Waals surface area contributed by atoms with E-state index in [4.69, 9.17) is 4.74 Å². The number of carbonyl (C=O) groups is 1. The summed E-state index contributed by atoms with van der Waals surface area (Å²) in [5.74, 6) is -1.17. The van der Waals surface area contributed by atoms with Crippen LogP contribution in [0.25, 0.3) is 0 Å². The van der Waals surface area contributed by atoms with Gasteiger partial charge < -0.3 is 15.2 Å². The number of nitrogens with one attached hydrogen (secondary N) is 1. The molecule has 2 N–H and O–H groups in total. The van der Waals surface area contributed by atoms with E-state index in [1.807, 2.05) is 30.3 Å². The van der Waals surface area contributed by atoms with Gasteiger partial charge in [0.05, 0.1) is 6.61 Å². The maximum Gasteiger partial charge on any atom is 0.321 e. The van der Waals surface area contributed by atoms with E-state index < -0.39 is 17.8 Å². The predicted octanol–water partition coefficient (Wildman–Crippen LogP) is 3.01. The topological polar surface area (TPSA) is 58.6 Å². The van der Waals surface area contributed by atoms with Crippen molar-refractivity contribution in [2.45, 2.75) is 25.9 Å². The Labute approximate surface area is 134 Å². The maximum atomic E-state index is 13.8. The fraction of sp³-hybridized carbons (Fsp3) is 0.278. The molecule has 5 heteroatoms. The summed E-state index contributed by atoms with van der Waals surface area (Å²) in [6.45, 7) is 2.45. The standard InChI is InChI=1S/C18H20FNO3/c1-2-23-17-9-8-14(10-15(17)19)12-20-16(18(21)22)11-13-6-4-3-5-7-13/h3-10,16,20H,2,11-12H2,1H3,(H,21,22)/t16-/m1/s1. The molecule has 0 fully saturated rings. The Hall–Kier alpha value is -2.40. The van der Waals surface area contributed by atoms with Gasteiger partial charge in [-0.2, -0.15) is 0 Å². The molecule has 1 atom stereocenters. The molecule has 0 spiro atoms. The summed E-state index contributed by atoms with van der Waals surface area (Å²) >= 11 is 0. The molecule has 2 rings (SSSR count). The van der Waals surface area contributed by atoms with Crippen LogP contribution < -0.4 is 10.1 Å². The lowest BCUT2D eigenvalue weighted by Gasteiger charge is -2.15. The van der Waals surface area contributed by atoms with Crippen molar-refractivity contribution in [2.75, 3.05) is 6.61 Å². The van der Waals surface area contributed by atoms with Gasteiger partial charge in [-0.15, -0.1) is 0 Å². The van der Waals surface area contributed by atoms with Crippen molar-refractivity contribution in [3.05, 3.63) is 65.5 Å². The van der Waals surface area contributed by atoms with Crippen LogP contribution in [0.1, 0.15) is 18.1 Å². The largest absolute Gasteiger partial charge is 0.491 e. The number of hydrogen-bond acceptors (Lipinski definition) is 3. The molecule has 23 heavy (non-hydrogen) atoms. The van der Waals surface area contributed by atoms with Crippen molar-refractivity contribution in [1.29, 1.82) is 0 Å². The Morgan fingerprint density at radius 1 is 1.22 bits per heavy atom. The van der Waals surface area contributed by atoms with Gasteiger partial charge >= 0.3 is 5.97 Å². The molecule has 0 bridgehead atoms. The summed E-state index contributed by atoms with van der Waals surface area (Å²) in [6.07, 6.45) is 0.371. The second kappa shape index (κ2) is 8.29. The predicted molar refractivity (Wildman–Crippen MR) is 86.0 cm³/mol. The SMILES string of the molecule is CCOc1ccc(CN[C@H](Cc2ccccc2)C(=O)O)cc1F. The van der Waals surface area contributed by atoms with Crippen LogP contribution in [0.3, 0.4) is 0 Å². The molecule has 0 radical (unpaired) electrons. The molecule has 4 nitrogen and oxygen atoms in total. The lowest BCUT2D eigenvalue weighted by atomic mass is 10.1. The van der Waals surface area contributed by atoms with Gasteiger partial charge in [0.1, 0.15) is 6.04 Å². The van der Waals surface area contributed by atoms with Crippen LogP contribution in [0, 0.1) is 5.82 Å². The zero-order valence-corrected chi connectivity index (χ0v) is 13.0. The van der Waals surface area contributed by atoms with E-state index in [0.29, 0.717) is 18.6 Å². The first kappa shape index (κ1) is 17.0. The third-order valence-corrected chi connectivity index (χ3v) is 3.43. The summed E-state index contributed by atoms with van der Waals surface area (Å²) in [6, 6.07) is 13.3. The number of ether oxygens (including phenoxy) is 1. The maximum absolute atomic E-state index is 13.8. The summed E-state index contributed by atoms with van der Waals surface area (Å²) in [7, 11) is 0. The number of rotatable bonds is 8. The Bertz CT molecular complexity index is 646. The molecule has 0 heterocycles. The molecule has 2 aromatic carbocycles. The molecule has 0 unspecified atom stereocenters. The molecule has 0 aromatic heterocycles. The fourth-order valence-electron chi connectivity index (χ4n) is 2.26. The second-order valence-electron chi connectivity index (χ2n) is 5.16. The van der Waals surface area contributed by atoms with Crippen LogP contribution in [0.4, 0.5) is 4.39 Å². The minimum absolute atomic E-state index is 0.204. The highest BCUT2D eigenvalue weighted by Crippen LogP contribution is 2.18. The van der Waals surface area contributed by atoms with E-state index in [-0.39, 0.29) is 12.3 Å². The van der Waals surface area contributed by atoms with Gasteiger partial charge in [-0.05, 0) is 36.6 Å². The zero-order valence-electron chi connectivity index (χ0n) is 13.0. The highest BCUT2D eigenvalue weighted by molar-refractivity contribution is 5.73. The molecule has 0 saturated carbocycles. The quantitative estimate of drug-likeness (QED) is 0.786. The number of aliphatic carboxylic acids is 1. The van der Waals surface area contributed by atoms with E-state index in [9.17, 15) is 14.3 Å². The van der Waals surface area contributed by atoms with Gasteiger partial charge in [0.15, 0.2) is 11.6 Å². The monoisotopic (exact) mass is 317 g/mol. The lowest BCUT2D eigenvalue weighted by molar-refractivity contribution is -0.139. The smallest absolute Gasteiger partial charge is 0.321 e. The van der Waals surface area contributed by atoms with Gasteiger partial charge in [-0.1, -0.05) is 36.4 Å². The normalized spacial score (nSPS) is 11.9. The average molecular weight is 317 g/mol. The second-order valence-corrected chi connectivity index (χ2v) is 5.16. The summed E-state index contributed by atoms with van der Waals surface area (Å²) in [5, 5.41) is 12.3. The molecule has 2 aromatic rings. The van der Waals surface area contributed by atoms with E-state index in [1.165, 1.54) is 6.07 Å². The van der Waals surface area contributed by atoms with Crippen LogP contribution in [0.5, 0.6) is 5.75 Å². The third-order valence-electron chi connectivity index (χ3n) is 3.43. The van der Waals surface area contributed by atoms with Crippen molar-refractivity contribution in [3.63, 3.8) is 0 Å². The van der Waals surface area contributed by atoms with Crippen molar-refractivity contribution < 1.29 is 19.0 Å². The molecule has 0 aliphatic rings. The van der Waals surface area contributed by atoms with E-state index in [1.54, 1.807) is 19.1 Å².